The lowest BCUT2D eigenvalue weighted by molar-refractivity contribution is 0.707. The summed E-state index contributed by atoms with van der Waals surface area (Å²) >= 11 is 0. The molecule has 0 amide bonds. The van der Waals surface area contributed by atoms with Crippen molar-refractivity contribution in [3.05, 3.63) is 30.1 Å². The number of nitrogens with one attached hydrogen (secondary N) is 2. The zero-order valence-corrected chi connectivity index (χ0v) is 12.5. The van der Waals surface area contributed by atoms with Gasteiger partial charge in [0, 0.05) is 13.2 Å². The van der Waals surface area contributed by atoms with Crippen LogP contribution in [0.15, 0.2) is 18.6 Å². The maximum absolute atomic E-state index is 4.46. The van der Waals surface area contributed by atoms with Gasteiger partial charge in [0.25, 0.3) is 0 Å². The molecular weight excluding hydrogens is 266 g/mol. The highest BCUT2D eigenvalue weighted by atomic mass is 15.3. The number of fused-ring (bicyclic) bond motifs is 1. The number of rotatable bonds is 5. The van der Waals surface area contributed by atoms with Gasteiger partial charge in [0.2, 0.25) is 0 Å². The maximum Gasteiger partial charge on any atom is 0.169 e. The van der Waals surface area contributed by atoms with Gasteiger partial charge in [0.15, 0.2) is 5.82 Å². The Kier molecular flexibility index (Phi) is 3.55. The van der Waals surface area contributed by atoms with Crippen molar-refractivity contribution in [3.63, 3.8) is 0 Å². The fourth-order valence-electron chi connectivity index (χ4n) is 2.26. The Bertz CT molecular complexity index is 743. The Morgan fingerprint density at radius 1 is 1.33 bits per heavy atom. The van der Waals surface area contributed by atoms with Crippen LogP contribution in [-0.2, 0) is 13.6 Å². The van der Waals surface area contributed by atoms with Crippen molar-refractivity contribution in [1.29, 1.82) is 0 Å². The number of aromatic amines is 1. The number of nitrogens with zero attached hydrogens (tertiary/aromatic N) is 5. The Labute approximate surface area is 122 Å². The summed E-state index contributed by atoms with van der Waals surface area (Å²) in [5, 5.41) is 15.1. The third-order valence-corrected chi connectivity index (χ3v) is 3.66. The van der Waals surface area contributed by atoms with Crippen molar-refractivity contribution in [2.24, 2.45) is 7.05 Å². The Balaban J connectivity index is 1.87. The summed E-state index contributed by atoms with van der Waals surface area (Å²) in [7, 11) is 1.85. The van der Waals surface area contributed by atoms with Crippen LogP contribution in [0.25, 0.3) is 11.0 Å². The first-order valence-corrected chi connectivity index (χ1v) is 7.10. The number of aryl methyl sites for hydroxylation is 1. The second-order valence-corrected chi connectivity index (χ2v) is 5.19. The minimum Gasteiger partial charge on any atom is -0.376 e. The molecule has 0 radical (unpaired) electrons. The molecule has 1 unspecified atom stereocenters. The molecule has 3 rings (SSSR count). The SMILES string of the molecule is CCC(C)c1[nH]nc2c(NCc3ncn(C)n3)ccnc12. The summed E-state index contributed by atoms with van der Waals surface area (Å²) in [5.41, 5.74) is 3.83. The molecule has 0 bridgehead atoms. The van der Waals surface area contributed by atoms with Crippen LogP contribution in [0.1, 0.15) is 37.7 Å². The van der Waals surface area contributed by atoms with Gasteiger partial charge in [0.05, 0.1) is 17.9 Å². The fraction of sp³-hybridized carbons (Fsp3) is 0.429. The predicted molar refractivity (Wildman–Crippen MR) is 80.9 cm³/mol. The Morgan fingerprint density at radius 3 is 2.90 bits per heavy atom. The summed E-state index contributed by atoms with van der Waals surface area (Å²) in [6.45, 7) is 4.89. The molecule has 3 aromatic heterocycles. The van der Waals surface area contributed by atoms with Crippen LogP contribution in [-0.4, -0.2) is 29.9 Å². The molecule has 0 aromatic carbocycles. The van der Waals surface area contributed by atoms with Crippen molar-refractivity contribution < 1.29 is 0 Å². The minimum absolute atomic E-state index is 0.412. The van der Waals surface area contributed by atoms with Crippen molar-refractivity contribution >= 4 is 16.7 Å². The monoisotopic (exact) mass is 285 g/mol. The van der Waals surface area contributed by atoms with Gasteiger partial charge in [-0.1, -0.05) is 13.8 Å². The van der Waals surface area contributed by atoms with Gasteiger partial charge < -0.3 is 5.32 Å². The number of H-pyrrole nitrogens is 1. The van der Waals surface area contributed by atoms with E-state index in [2.05, 4.69) is 44.4 Å². The van der Waals surface area contributed by atoms with Gasteiger partial charge in [-0.25, -0.2) is 4.98 Å². The van der Waals surface area contributed by atoms with E-state index in [1.54, 1.807) is 17.2 Å². The summed E-state index contributed by atoms with van der Waals surface area (Å²) in [5.74, 6) is 1.16. The van der Waals surface area contributed by atoms with Gasteiger partial charge in [-0.2, -0.15) is 10.2 Å². The highest BCUT2D eigenvalue weighted by Crippen LogP contribution is 2.27. The van der Waals surface area contributed by atoms with E-state index < -0.39 is 0 Å². The third kappa shape index (κ3) is 2.58. The van der Waals surface area contributed by atoms with Crippen LogP contribution >= 0.6 is 0 Å². The van der Waals surface area contributed by atoms with E-state index in [-0.39, 0.29) is 0 Å². The molecule has 0 saturated heterocycles. The standard InChI is InChI=1S/C14H19N7/c1-4-9(2)12-14-13(19-18-12)10(5-6-15-14)16-7-11-17-8-21(3)20-11/h5-6,8-9H,4,7H2,1-3H3,(H,15,16)(H,18,19). The van der Waals surface area contributed by atoms with Crippen LogP contribution in [0.4, 0.5) is 5.69 Å². The average Bonchev–Trinajstić information content (AvgIpc) is 3.10. The van der Waals surface area contributed by atoms with E-state index in [9.17, 15) is 0 Å². The number of anilines is 1. The van der Waals surface area contributed by atoms with Crippen molar-refractivity contribution in [1.82, 2.24) is 29.9 Å². The molecule has 110 valence electrons. The zero-order valence-electron chi connectivity index (χ0n) is 12.5. The van der Waals surface area contributed by atoms with Crippen LogP contribution < -0.4 is 5.32 Å². The lowest BCUT2D eigenvalue weighted by atomic mass is 10.0. The molecule has 0 aliphatic rings. The first-order chi connectivity index (χ1) is 10.2. The largest absolute Gasteiger partial charge is 0.376 e. The van der Waals surface area contributed by atoms with Gasteiger partial charge in [-0.05, 0) is 18.4 Å². The van der Waals surface area contributed by atoms with Crippen molar-refractivity contribution in [3.8, 4) is 0 Å². The van der Waals surface area contributed by atoms with Gasteiger partial charge in [-0.15, -0.1) is 0 Å². The second kappa shape index (κ2) is 5.51. The molecule has 0 aliphatic carbocycles. The molecule has 3 aromatic rings. The smallest absolute Gasteiger partial charge is 0.169 e. The topological polar surface area (TPSA) is 84.3 Å². The maximum atomic E-state index is 4.46. The highest BCUT2D eigenvalue weighted by molar-refractivity contribution is 5.89. The average molecular weight is 285 g/mol. The summed E-state index contributed by atoms with van der Waals surface area (Å²) in [6.07, 6.45) is 4.54. The molecular formula is C14H19N7. The quantitative estimate of drug-likeness (QED) is 0.751. The van der Waals surface area contributed by atoms with Crippen molar-refractivity contribution in [2.75, 3.05) is 5.32 Å². The Morgan fingerprint density at radius 2 is 2.19 bits per heavy atom. The minimum atomic E-state index is 0.412. The van der Waals surface area contributed by atoms with Crippen LogP contribution in [0.2, 0.25) is 0 Å². The van der Waals surface area contributed by atoms with E-state index in [4.69, 9.17) is 0 Å². The number of hydrogen-bond donors (Lipinski definition) is 2. The third-order valence-electron chi connectivity index (χ3n) is 3.66. The second-order valence-electron chi connectivity index (χ2n) is 5.19. The molecule has 2 N–H and O–H groups in total. The van der Waals surface area contributed by atoms with Gasteiger partial charge >= 0.3 is 0 Å². The van der Waals surface area contributed by atoms with E-state index in [1.807, 2.05) is 13.1 Å². The molecule has 3 heterocycles. The molecule has 21 heavy (non-hydrogen) atoms. The molecule has 0 saturated carbocycles. The molecule has 0 aliphatic heterocycles. The van der Waals surface area contributed by atoms with E-state index in [0.717, 1.165) is 34.7 Å². The molecule has 7 heteroatoms. The summed E-state index contributed by atoms with van der Waals surface area (Å²) in [4.78, 5) is 8.66. The summed E-state index contributed by atoms with van der Waals surface area (Å²) in [6, 6.07) is 1.92. The number of hydrogen-bond acceptors (Lipinski definition) is 5. The van der Waals surface area contributed by atoms with Gasteiger partial charge in [0.1, 0.15) is 17.4 Å². The van der Waals surface area contributed by atoms with Crippen molar-refractivity contribution in [2.45, 2.75) is 32.7 Å². The molecule has 0 fully saturated rings. The van der Waals surface area contributed by atoms with E-state index >= 15 is 0 Å². The van der Waals surface area contributed by atoms with Crippen LogP contribution in [0.5, 0.6) is 0 Å². The van der Waals surface area contributed by atoms with Crippen LogP contribution in [0.3, 0.4) is 0 Å². The number of pyridine rings is 1. The van der Waals surface area contributed by atoms with E-state index in [0.29, 0.717) is 12.5 Å². The normalized spacial score (nSPS) is 12.7. The predicted octanol–water partition coefficient (Wildman–Crippen LogP) is 2.21. The number of aromatic nitrogens is 6. The molecule has 1 atom stereocenters. The lowest BCUT2D eigenvalue weighted by Crippen LogP contribution is -2.03. The summed E-state index contributed by atoms with van der Waals surface area (Å²) < 4.78 is 1.69. The van der Waals surface area contributed by atoms with Gasteiger partial charge in [-0.3, -0.25) is 14.8 Å². The van der Waals surface area contributed by atoms with E-state index in [1.165, 1.54) is 0 Å². The zero-order chi connectivity index (χ0) is 14.8. The highest BCUT2D eigenvalue weighted by Gasteiger charge is 2.14. The first-order valence-electron chi connectivity index (χ1n) is 7.10. The molecule has 7 nitrogen and oxygen atoms in total. The fourth-order valence-corrected chi connectivity index (χ4v) is 2.26. The molecule has 0 spiro atoms. The van der Waals surface area contributed by atoms with Crippen LogP contribution in [0, 0.1) is 0 Å². The Hall–Kier alpha value is -2.44. The first kappa shape index (κ1) is 13.5. The lowest BCUT2D eigenvalue weighted by Gasteiger charge is -2.06.